The number of aliphatic carboxylic acids is 1. The molecule has 1 saturated heterocycles. The van der Waals surface area contributed by atoms with E-state index in [0.717, 1.165) is 0 Å². The number of amides is 1. The van der Waals surface area contributed by atoms with Crippen molar-refractivity contribution in [1.82, 2.24) is 4.90 Å². The number of aryl methyl sites for hydroxylation is 1. The number of carbonyl (C=O) groups excluding carboxylic acids is 1. The Kier molecular flexibility index (Phi) is 3.20. The van der Waals surface area contributed by atoms with E-state index in [9.17, 15) is 19.7 Å². The van der Waals surface area contributed by atoms with E-state index in [2.05, 4.69) is 0 Å². The molecule has 19 heavy (non-hydrogen) atoms. The first kappa shape index (κ1) is 13.0. The van der Waals surface area contributed by atoms with E-state index < -0.39 is 16.8 Å². The van der Waals surface area contributed by atoms with Crippen LogP contribution in [0.15, 0.2) is 18.2 Å². The van der Waals surface area contributed by atoms with Crippen LogP contribution in [0.5, 0.6) is 0 Å². The molecule has 1 N–H and O–H groups in total. The fraction of sp³-hybridized carbons (Fsp3) is 0.333. The largest absolute Gasteiger partial charge is 0.481 e. The first-order chi connectivity index (χ1) is 8.90. The minimum atomic E-state index is -0.932. The molecule has 0 aromatic heterocycles. The quantitative estimate of drug-likeness (QED) is 0.649. The van der Waals surface area contributed by atoms with Gasteiger partial charge >= 0.3 is 5.97 Å². The molecule has 1 aromatic rings. The van der Waals surface area contributed by atoms with E-state index in [1.54, 1.807) is 6.92 Å². The van der Waals surface area contributed by atoms with Crippen LogP contribution in [0.2, 0.25) is 0 Å². The van der Waals surface area contributed by atoms with Gasteiger partial charge in [0.2, 0.25) is 0 Å². The van der Waals surface area contributed by atoms with Crippen molar-refractivity contribution in [3.05, 3.63) is 39.4 Å². The van der Waals surface area contributed by atoms with E-state index >= 15 is 0 Å². The van der Waals surface area contributed by atoms with E-state index in [0.29, 0.717) is 5.56 Å². The maximum absolute atomic E-state index is 12.0. The Morgan fingerprint density at radius 3 is 2.58 bits per heavy atom. The Morgan fingerprint density at radius 1 is 1.42 bits per heavy atom. The van der Waals surface area contributed by atoms with Gasteiger partial charge in [0.15, 0.2) is 0 Å². The highest BCUT2D eigenvalue weighted by Crippen LogP contribution is 2.23. The van der Waals surface area contributed by atoms with Crippen LogP contribution in [0.4, 0.5) is 5.69 Å². The van der Waals surface area contributed by atoms with Crippen LogP contribution < -0.4 is 0 Å². The Hall–Kier alpha value is -2.44. The van der Waals surface area contributed by atoms with Gasteiger partial charge in [0.1, 0.15) is 0 Å². The van der Waals surface area contributed by atoms with Crippen LogP contribution in [-0.4, -0.2) is 39.9 Å². The second-order valence-electron chi connectivity index (χ2n) is 4.50. The molecule has 7 nitrogen and oxygen atoms in total. The Morgan fingerprint density at radius 2 is 2.05 bits per heavy atom. The molecule has 7 heteroatoms. The predicted molar refractivity (Wildman–Crippen MR) is 64.9 cm³/mol. The van der Waals surface area contributed by atoms with Gasteiger partial charge in [-0.1, -0.05) is 6.07 Å². The minimum Gasteiger partial charge on any atom is -0.481 e. The molecule has 0 spiro atoms. The Balaban J connectivity index is 2.15. The van der Waals surface area contributed by atoms with Gasteiger partial charge in [-0.3, -0.25) is 19.7 Å². The third kappa shape index (κ3) is 2.40. The maximum atomic E-state index is 12.0. The molecule has 1 heterocycles. The van der Waals surface area contributed by atoms with Gasteiger partial charge in [0, 0.05) is 30.3 Å². The number of likely N-dealkylation sites (tertiary alicyclic amines) is 1. The number of carboxylic acids is 1. The zero-order valence-corrected chi connectivity index (χ0v) is 10.2. The smallest absolute Gasteiger partial charge is 0.310 e. The van der Waals surface area contributed by atoms with E-state index in [4.69, 9.17) is 5.11 Å². The van der Waals surface area contributed by atoms with Crippen molar-refractivity contribution >= 4 is 17.6 Å². The van der Waals surface area contributed by atoms with Crippen molar-refractivity contribution in [3.63, 3.8) is 0 Å². The number of rotatable bonds is 3. The molecule has 0 bridgehead atoms. The third-order valence-corrected chi connectivity index (χ3v) is 3.17. The van der Waals surface area contributed by atoms with Crippen molar-refractivity contribution in [2.75, 3.05) is 13.1 Å². The van der Waals surface area contributed by atoms with Gasteiger partial charge in [-0.15, -0.1) is 0 Å². The average molecular weight is 264 g/mol. The molecule has 0 aliphatic carbocycles. The lowest BCUT2D eigenvalue weighted by molar-refractivity contribution is -0.385. The molecule has 0 saturated carbocycles. The number of nitro benzene ring substituents is 1. The standard InChI is InChI=1S/C12H12N2O5/c1-7-2-3-8(4-10(7)14(18)19)11(15)13-5-9(6-13)12(16)17/h2-4,9H,5-6H2,1H3,(H,16,17). The summed E-state index contributed by atoms with van der Waals surface area (Å²) < 4.78 is 0. The number of hydrogen-bond donors (Lipinski definition) is 1. The number of nitrogens with zero attached hydrogens (tertiary/aromatic N) is 2. The van der Waals surface area contributed by atoms with Crippen LogP contribution >= 0.6 is 0 Å². The zero-order chi connectivity index (χ0) is 14.2. The van der Waals surface area contributed by atoms with E-state index in [1.807, 2.05) is 0 Å². The summed E-state index contributed by atoms with van der Waals surface area (Å²) in [6.45, 7) is 1.89. The summed E-state index contributed by atoms with van der Waals surface area (Å²) in [6, 6.07) is 4.25. The highest BCUT2D eigenvalue weighted by Gasteiger charge is 2.36. The summed E-state index contributed by atoms with van der Waals surface area (Å²) in [7, 11) is 0. The average Bonchev–Trinajstić information content (AvgIpc) is 2.26. The monoisotopic (exact) mass is 264 g/mol. The molecule has 0 atom stereocenters. The van der Waals surface area contributed by atoms with E-state index in [1.165, 1.54) is 23.1 Å². The van der Waals surface area contributed by atoms with Crippen molar-refractivity contribution < 1.29 is 19.6 Å². The molecule has 0 unspecified atom stereocenters. The molecule has 1 aromatic carbocycles. The van der Waals surface area contributed by atoms with Gasteiger partial charge in [-0.05, 0) is 13.0 Å². The summed E-state index contributed by atoms with van der Waals surface area (Å²) in [6.07, 6.45) is 0. The Bertz CT molecular complexity index is 563. The highest BCUT2D eigenvalue weighted by molar-refractivity contribution is 5.96. The number of hydrogen-bond acceptors (Lipinski definition) is 4. The molecule has 1 aliphatic rings. The predicted octanol–water partition coefficient (Wildman–Crippen LogP) is 1.06. The fourth-order valence-electron chi connectivity index (χ4n) is 1.92. The Labute approximate surface area is 108 Å². The SMILES string of the molecule is Cc1ccc(C(=O)N2CC(C(=O)O)C2)cc1[N+](=O)[O-]. The number of carboxylic acid groups (broad SMARTS) is 1. The first-order valence-electron chi connectivity index (χ1n) is 5.67. The summed E-state index contributed by atoms with van der Waals surface area (Å²) in [5.41, 5.74) is 0.580. The minimum absolute atomic E-state index is 0.110. The third-order valence-electron chi connectivity index (χ3n) is 3.17. The lowest BCUT2D eigenvalue weighted by Gasteiger charge is -2.36. The van der Waals surface area contributed by atoms with Crippen LogP contribution in [-0.2, 0) is 4.79 Å². The molecule has 1 amide bonds. The number of carbonyl (C=O) groups is 2. The second-order valence-corrected chi connectivity index (χ2v) is 4.50. The first-order valence-corrected chi connectivity index (χ1v) is 5.67. The molecule has 1 fully saturated rings. The lowest BCUT2D eigenvalue weighted by Crippen LogP contribution is -2.53. The molecule has 100 valence electrons. The second kappa shape index (κ2) is 4.68. The molecule has 1 aliphatic heterocycles. The van der Waals surface area contributed by atoms with Crippen LogP contribution in [0.1, 0.15) is 15.9 Å². The van der Waals surface area contributed by atoms with Gasteiger partial charge in [-0.25, -0.2) is 0 Å². The lowest BCUT2D eigenvalue weighted by atomic mass is 9.98. The van der Waals surface area contributed by atoms with Crippen molar-refractivity contribution in [1.29, 1.82) is 0 Å². The van der Waals surface area contributed by atoms with Gasteiger partial charge in [0.05, 0.1) is 10.8 Å². The van der Waals surface area contributed by atoms with Crippen molar-refractivity contribution in [2.24, 2.45) is 5.92 Å². The molecule has 2 rings (SSSR count). The summed E-state index contributed by atoms with van der Waals surface area (Å²) >= 11 is 0. The summed E-state index contributed by atoms with van der Waals surface area (Å²) in [4.78, 5) is 34.3. The topological polar surface area (TPSA) is 101 Å². The van der Waals surface area contributed by atoms with Crippen molar-refractivity contribution in [3.8, 4) is 0 Å². The number of benzene rings is 1. The number of nitro groups is 1. The van der Waals surface area contributed by atoms with Crippen LogP contribution in [0.3, 0.4) is 0 Å². The van der Waals surface area contributed by atoms with Gasteiger partial charge < -0.3 is 10.0 Å². The maximum Gasteiger partial charge on any atom is 0.310 e. The van der Waals surface area contributed by atoms with Crippen LogP contribution in [0.25, 0.3) is 0 Å². The molecular formula is C12H12N2O5. The molecule has 0 radical (unpaired) electrons. The van der Waals surface area contributed by atoms with Crippen molar-refractivity contribution in [2.45, 2.75) is 6.92 Å². The normalized spacial score (nSPS) is 14.9. The van der Waals surface area contributed by atoms with Gasteiger partial charge in [0.25, 0.3) is 11.6 Å². The fourth-order valence-corrected chi connectivity index (χ4v) is 1.92. The highest BCUT2D eigenvalue weighted by atomic mass is 16.6. The van der Waals surface area contributed by atoms with Gasteiger partial charge in [-0.2, -0.15) is 0 Å². The molecular weight excluding hydrogens is 252 g/mol. The van der Waals surface area contributed by atoms with E-state index in [-0.39, 0.29) is 30.2 Å². The summed E-state index contributed by atoms with van der Waals surface area (Å²) in [5, 5.41) is 19.5. The zero-order valence-electron chi connectivity index (χ0n) is 10.2. The van der Waals surface area contributed by atoms with Crippen LogP contribution in [0, 0.1) is 23.0 Å². The summed E-state index contributed by atoms with van der Waals surface area (Å²) in [5.74, 6) is -1.84.